The van der Waals surface area contributed by atoms with Crippen molar-refractivity contribution in [2.75, 3.05) is 6.54 Å². The van der Waals surface area contributed by atoms with Crippen LogP contribution in [0, 0.1) is 6.92 Å². The number of rotatable bonds is 7. The largest absolute Gasteiger partial charge is 0.494 e. The highest BCUT2D eigenvalue weighted by Gasteiger charge is 2.38. The summed E-state index contributed by atoms with van der Waals surface area (Å²) in [7, 11) is -1.65. The second kappa shape index (κ2) is 8.25. The summed E-state index contributed by atoms with van der Waals surface area (Å²) in [4.78, 5) is 3.88. The molecule has 0 spiro atoms. The van der Waals surface area contributed by atoms with Crippen molar-refractivity contribution in [3.8, 4) is 5.75 Å². The van der Waals surface area contributed by atoms with Crippen molar-refractivity contribution in [3.05, 3.63) is 28.8 Å². The fourth-order valence-electron chi connectivity index (χ4n) is 2.97. The molecule has 3 nitrogen and oxygen atoms in total. The summed E-state index contributed by atoms with van der Waals surface area (Å²) in [5.41, 5.74) is 4.94. The Hall–Kier alpha value is -1.50. The average molecular weight is 375 g/mol. The summed E-state index contributed by atoms with van der Waals surface area (Å²) in [6.45, 7) is 11.9. The third kappa shape index (κ3) is 5.49. The van der Waals surface area contributed by atoms with Gasteiger partial charge >= 0.3 is 6.18 Å². The van der Waals surface area contributed by atoms with E-state index in [4.69, 9.17) is 10.5 Å². The second-order valence-corrected chi connectivity index (χ2v) is 12.8. The molecular weight excluding hydrogens is 345 g/mol. The van der Waals surface area contributed by atoms with Crippen LogP contribution in [0.2, 0.25) is 19.6 Å². The molecule has 0 saturated carbocycles. The molecule has 0 bridgehead atoms. The second-order valence-electron chi connectivity index (χ2n) is 7.45. The lowest BCUT2D eigenvalue weighted by Gasteiger charge is -2.30. The van der Waals surface area contributed by atoms with Crippen LogP contribution in [0.15, 0.2) is 17.1 Å². The third-order valence-corrected chi connectivity index (χ3v) is 6.81. The van der Waals surface area contributed by atoms with Gasteiger partial charge < -0.3 is 10.5 Å². The summed E-state index contributed by atoms with van der Waals surface area (Å²) in [5, 5.41) is 0. The molecule has 142 valence electrons. The highest BCUT2D eigenvalue weighted by Crippen LogP contribution is 2.41. The van der Waals surface area contributed by atoms with Crippen LogP contribution >= 0.6 is 0 Å². The third-order valence-electron chi connectivity index (χ3n) is 4.35. The summed E-state index contributed by atoms with van der Waals surface area (Å²) < 4.78 is 47.2. The van der Waals surface area contributed by atoms with E-state index in [-0.39, 0.29) is 29.3 Å². The number of benzene rings is 1. The molecule has 2 unspecified atom stereocenters. The van der Waals surface area contributed by atoms with Gasteiger partial charge in [-0.3, -0.25) is 4.99 Å². The van der Waals surface area contributed by atoms with Crippen LogP contribution in [0.4, 0.5) is 13.2 Å². The van der Waals surface area contributed by atoms with Crippen LogP contribution < -0.4 is 10.5 Å². The van der Waals surface area contributed by atoms with Crippen molar-refractivity contribution in [3.63, 3.8) is 0 Å². The zero-order chi connectivity index (χ0) is 19.4. The molecule has 2 N–H and O–H groups in total. The topological polar surface area (TPSA) is 47.6 Å². The summed E-state index contributed by atoms with van der Waals surface area (Å²) in [5.74, 6) is -0.0667. The van der Waals surface area contributed by atoms with E-state index in [0.29, 0.717) is 5.75 Å². The molecule has 1 aromatic rings. The minimum Gasteiger partial charge on any atom is -0.494 e. The molecular formula is C18H29F3N2OSi. The lowest BCUT2D eigenvalue weighted by atomic mass is 9.91. The maximum absolute atomic E-state index is 13.7. The smallest absolute Gasteiger partial charge is 0.417 e. The van der Waals surface area contributed by atoms with Crippen molar-refractivity contribution in [2.24, 2.45) is 10.7 Å². The van der Waals surface area contributed by atoms with Crippen LogP contribution in [0.1, 0.15) is 42.9 Å². The van der Waals surface area contributed by atoms with E-state index in [1.54, 1.807) is 13.0 Å². The Morgan fingerprint density at radius 1 is 1.28 bits per heavy atom. The number of hydrogen-bond donors (Lipinski definition) is 1. The molecule has 7 heteroatoms. The molecule has 25 heavy (non-hydrogen) atoms. The lowest BCUT2D eigenvalue weighted by molar-refractivity contribution is -0.138. The van der Waals surface area contributed by atoms with E-state index in [2.05, 4.69) is 24.6 Å². The van der Waals surface area contributed by atoms with Gasteiger partial charge in [-0.25, -0.2) is 0 Å². The van der Waals surface area contributed by atoms with Gasteiger partial charge in [0.1, 0.15) is 5.75 Å². The molecule has 0 heterocycles. The maximum Gasteiger partial charge on any atom is 0.417 e. The van der Waals surface area contributed by atoms with Gasteiger partial charge in [-0.2, -0.15) is 13.2 Å². The lowest BCUT2D eigenvalue weighted by Crippen LogP contribution is -2.42. The van der Waals surface area contributed by atoms with E-state index in [0.717, 1.165) is 12.8 Å². The Kier molecular flexibility index (Phi) is 7.11. The van der Waals surface area contributed by atoms with Crippen molar-refractivity contribution in [2.45, 2.75) is 64.7 Å². The quantitative estimate of drug-likeness (QED) is 0.408. The van der Waals surface area contributed by atoms with Gasteiger partial charge in [0.15, 0.2) is 0 Å². The predicted molar refractivity (Wildman–Crippen MR) is 100 cm³/mol. The van der Waals surface area contributed by atoms with Crippen LogP contribution in [0.25, 0.3) is 0 Å². The number of hydrogen-bond acceptors (Lipinski definition) is 2. The fourth-order valence-corrected chi connectivity index (χ4v) is 4.68. The fraction of sp³-hybridized carbons (Fsp3) is 0.611. The number of nitrogens with zero attached hydrogens (tertiary/aromatic N) is 1. The highest BCUT2D eigenvalue weighted by atomic mass is 28.3. The normalized spacial score (nSPS) is 15.4. The van der Waals surface area contributed by atoms with Gasteiger partial charge in [-0.05, 0) is 25.0 Å². The van der Waals surface area contributed by atoms with Crippen molar-refractivity contribution >= 4 is 14.4 Å². The molecule has 2 atom stereocenters. The zero-order valence-electron chi connectivity index (χ0n) is 15.9. The summed E-state index contributed by atoms with van der Waals surface area (Å²) >= 11 is 0. The monoisotopic (exact) mass is 374 g/mol. The summed E-state index contributed by atoms with van der Waals surface area (Å²) in [6.07, 6.45) is -2.55. The first-order valence-electron chi connectivity index (χ1n) is 8.50. The number of halogens is 3. The summed E-state index contributed by atoms with van der Waals surface area (Å²) in [6, 6.07) is 3.17. The van der Waals surface area contributed by atoms with Crippen molar-refractivity contribution in [1.29, 1.82) is 0 Å². The average Bonchev–Trinajstić information content (AvgIpc) is 2.48. The van der Waals surface area contributed by atoms with E-state index in [9.17, 15) is 13.2 Å². The number of nitrogens with two attached hydrogens (primary N) is 1. The molecule has 0 aliphatic carbocycles. The van der Waals surface area contributed by atoms with Crippen LogP contribution in [-0.2, 0) is 6.18 Å². The first-order valence-corrected chi connectivity index (χ1v) is 12.1. The van der Waals surface area contributed by atoms with E-state index < -0.39 is 19.8 Å². The van der Waals surface area contributed by atoms with Crippen molar-refractivity contribution in [1.82, 2.24) is 0 Å². The number of ether oxygens (including phenoxy) is 1. The van der Waals surface area contributed by atoms with Gasteiger partial charge in [-0.15, -0.1) is 0 Å². The van der Waals surface area contributed by atoms with E-state index >= 15 is 0 Å². The van der Waals surface area contributed by atoms with E-state index in [1.807, 2.05) is 6.92 Å². The molecule has 0 fully saturated rings. The number of aliphatic imine (C=N–C) groups is 1. The van der Waals surface area contributed by atoms with Crippen LogP contribution in [-0.4, -0.2) is 26.7 Å². The predicted octanol–water partition coefficient (Wildman–Crippen LogP) is 5.14. The standard InChI is InChI=1S/C18H29F3N2OSi/c1-7-16(25(4,5)6)24-15-9-8-14(12(2)10-23-11-22)17(13(15)3)18(19,20)21/h8-9,11-12,16H,7,10H2,1-6H3,(H2,22,23). The molecule has 0 amide bonds. The minimum atomic E-state index is -4.44. The SMILES string of the molecule is CCC(Oc1ccc(C(C)CN=CN)c(C(F)(F)F)c1C)[Si](C)(C)C. The van der Waals surface area contributed by atoms with E-state index in [1.165, 1.54) is 13.0 Å². The van der Waals surface area contributed by atoms with Crippen LogP contribution in [0.5, 0.6) is 5.75 Å². The Morgan fingerprint density at radius 2 is 1.88 bits per heavy atom. The minimum absolute atomic E-state index is 0.0302. The first-order chi connectivity index (χ1) is 11.4. The molecule has 1 rings (SSSR count). The van der Waals surface area contributed by atoms with Gasteiger partial charge in [0.25, 0.3) is 0 Å². The molecule has 1 aromatic carbocycles. The molecule has 0 aliphatic rings. The molecule has 0 radical (unpaired) electrons. The van der Waals surface area contributed by atoms with Gasteiger partial charge in [-0.1, -0.05) is 39.6 Å². The molecule has 0 aromatic heterocycles. The van der Waals surface area contributed by atoms with Gasteiger partial charge in [0.05, 0.1) is 25.7 Å². The molecule has 0 aliphatic heterocycles. The maximum atomic E-state index is 13.7. The Labute approximate surface area is 149 Å². The highest BCUT2D eigenvalue weighted by molar-refractivity contribution is 6.77. The van der Waals surface area contributed by atoms with Crippen molar-refractivity contribution < 1.29 is 17.9 Å². The molecule has 0 saturated heterocycles. The Morgan fingerprint density at radius 3 is 2.32 bits per heavy atom. The van der Waals surface area contributed by atoms with Crippen LogP contribution in [0.3, 0.4) is 0 Å². The Balaban J connectivity index is 3.37. The van der Waals surface area contributed by atoms with Gasteiger partial charge in [0, 0.05) is 18.0 Å². The first kappa shape index (κ1) is 21.5. The number of alkyl halides is 3. The van der Waals surface area contributed by atoms with Gasteiger partial charge in [0.2, 0.25) is 0 Å². The Bertz CT molecular complexity index is 610. The zero-order valence-corrected chi connectivity index (χ0v) is 16.9.